The van der Waals surface area contributed by atoms with Gasteiger partial charge >= 0.3 is 0 Å². The van der Waals surface area contributed by atoms with Crippen molar-refractivity contribution in [3.8, 4) is 11.4 Å². The molecule has 1 amide bonds. The van der Waals surface area contributed by atoms with E-state index in [1.807, 2.05) is 54.6 Å². The molecule has 2 atom stereocenters. The first-order chi connectivity index (χ1) is 17.5. The third-order valence-electron chi connectivity index (χ3n) is 6.89. The van der Waals surface area contributed by atoms with E-state index < -0.39 is 0 Å². The largest absolute Gasteiger partial charge is 0.345 e. The maximum Gasteiger partial charge on any atom is 0.296 e. The molecule has 2 aliphatic rings. The molecule has 1 aliphatic heterocycles. The average Bonchev–Trinajstić information content (AvgIpc) is 3.32. The number of hydrogen-bond acceptors (Lipinski definition) is 4. The van der Waals surface area contributed by atoms with Crippen LogP contribution in [-0.4, -0.2) is 30.9 Å². The number of rotatable bonds is 3. The molecule has 36 heavy (non-hydrogen) atoms. The van der Waals surface area contributed by atoms with Crippen LogP contribution in [0.2, 0.25) is 0 Å². The van der Waals surface area contributed by atoms with Crippen LogP contribution in [0.5, 0.6) is 0 Å². The Kier molecular flexibility index (Phi) is 4.96. The highest BCUT2D eigenvalue weighted by Crippen LogP contribution is 2.29. The zero-order valence-electron chi connectivity index (χ0n) is 19.8. The molecule has 1 N–H and O–H groups in total. The van der Waals surface area contributed by atoms with Crippen LogP contribution in [-0.2, 0) is 11.8 Å². The molecular weight excluding hydrogens is 454 g/mol. The minimum atomic E-state index is -0.368. The van der Waals surface area contributed by atoms with Gasteiger partial charge < -0.3 is 5.32 Å². The van der Waals surface area contributed by atoms with Crippen molar-refractivity contribution >= 4 is 22.9 Å². The second kappa shape index (κ2) is 8.20. The number of allylic oxidation sites excluding steroid dienone is 2. The van der Waals surface area contributed by atoms with Crippen molar-refractivity contribution in [1.29, 1.82) is 0 Å². The first kappa shape index (κ1) is 21.8. The summed E-state index contributed by atoms with van der Waals surface area (Å²) in [7, 11) is 1.78. The molecule has 1 aliphatic carbocycles. The molecule has 3 heterocycles. The summed E-state index contributed by atoms with van der Waals surface area (Å²) < 4.78 is 4.59. The summed E-state index contributed by atoms with van der Waals surface area (Å²) in [5, 5.41) is 3.36. The number of carbonyl (C=O) groups excluding carboxylic acids is 1. The summed E-state index contributed by atoms with van der Waals surface area (Å²) in [4.78, 5) is 45.3. The van der Waals surface area contributed by atoms with E-state index in [-0.39, 0.29) is 40.5 Å². The number of benzene rings is 2. The van der Waals surface area contributed by atoms with Gasteiger partial charge in [0.05, 0.1) is 28.3 Å². The van der Waals surface area contributed by atoms with Gasteiger partial charge in [-0.25, -0.2) is 9.67 Å². The average molecular weight is 478 g/mol. The van der Waals surface area contributed by atoms with E-state index in [1.54, 1.807) is 49.0 Å². The van der Waals surface area contributed by atoms with Crippen molar-refractivity contribution < 1.29 is 4.79 Å². The minimum Gasteiger partial charge on any atom is -0.345 e. The molecule has 0 unspecified atom stereocenters. The first-order valence-electron chi connectivity index (χ1n) is 11.7. The third-order valence-corrected chi connectivity index (χ3v) is 6.89. The van der Waals surface area contributed by atoms with Crippen LogP contribution >= 0.6 is 0 Å². The second-order valence-corrected chi connectivity index (χ2v) is 8.93. The molecule has 1 saturated heterocycles. The molecule has 0 radical (unpaired) electrons. The van der Waals surface area contributed by atoms with Crippen molar-refractivity contribution in [1.82, 2.24) is 24.2 Å². The SMILES string of the molecule is Cc1c(-n2c(/C=C3\C(=O)N[C@@H]4C=CC=C[C@H]34)nc3ccccc3c2=O)c(=O)n(-c2ccccc2)n1C. The van der Waals surface area contributed by atoms with E-state index in [0.717, 1.165) is 0 Å². The Balaban J connectivity index is 1.66. The smallest absolute Gasteiger partial charge is 0.296 e. The minimum absolute atomic E-state index is 0.150. The van der Waals surface area contributed by atoms with E-state index in [1.165, 1.54) is 9.25 Å². The number of nitrogens with zero attached hydrogens (tertiary/aromatic N) is 4. The van der Waals surface area contributed by atoms with E-state index >= 15 is 0 Å². The maximum absolute atomic E-state index is 13.9. The number of fused-ring (bicyclic) bond motifs is 2. The van der Waals surface area contributed by atoms with Crippen LogP contribution in [0.3, 0.4) is 0 Å². The van der Waals surface area contributed by atoms with Gasteiger partial charge in [0.2, 0.25) is 5.91 Å². The van der Waals surface area contributed by atoms with Crippen molar-refractivity contribution in [3.63, 3.8) is 0 Å². The van der Waals surface area contributed by atoms with Gasteiger partial charge in [0.25, 0.3) is 11.1 Å². The highest BCUT2D eigenvalue weighted by Gasteiger charge is 2.35. The summed E-state index contributed by atoms with van der Waals surface area (Å²) in [5.74, 6) is -0.169. The van der Waals surface area contributed by atoms with Crippen molar-refractivity contribution in [3.05, 3.63) is 117 Å². The molecule has 2 aromatic carbocycles. The Morgan fingerprint density at radius 2 is 1.64 bits per heavy atom. The predicted octanol–water partition coefficient (Wildman–Crippen LogP) is 2.81. The molecule has 2 aromatic heterocycles. The van der Waals surface area contributed by atoms with Gasteiger partial charge in [0.15, 0.2) is 0 Å². The Morgan fingerprint density at radius 3 is 2.44 bits per heavy atom. The highest BCUT2D eigenvalue weighted by molar-refractivity contribution is 6.01. The highest BCUT2D eigenvalue weighted by atomic mass is 16.2. The summed E-state index contributed by atoms with van der Waals surface area (Å²) in [5.41, 5.74) is 1.74. The summed E-state index contributed by atoms with van der Waals surface area (Å²) in [6.45, 7) is 1.79. The van der Waals surface area contributed by atoms with Crippen LogP contribution in [0.1, 0.15) is 11.5 Å². The molecule has 178 valence electrons. The van der Waals surface area contributed by atoms with Gasteiger partial charge in [0, 0.05) is 18.5 Å². The van der Waals surface area contributed by atoms with E-state index in [0.29, 0.717) is 27.9 Å². The van der Waals surface area contributed by atoms with Gasteiger partial charge in [-0.15, -0.1) is 0 Å². The fraction of sp³-hybridized carbons (Fsp3) is 0.143. The lowest BCUT2D eigenvalue weighted by Gasteiger charge is -2.15. The predicted molar refractivity (Wildman–Crippen MR) is 138 cm³/mol. The Hall–Kier alpha value is -4.72. The monoisotopic (exact) mass is 477 g/mol. The summed E-state index contributed by atoms with van der Waals surface area (Å²) >= 11 is 0. The van der Waals surface area contributed by atoms with Gasteiger partial charge in [-0.3, -0.25) is 23.6 Å². The number of amides is 1. The lowest BCUT2D eigenvalue weighted by Crippen LogP contribution is -2.29. The Bertz CT molecular complexity index is 1750. The van der Waals surface area contributed by atoms with Gasteiger partial charge in [0.1, 0.15) is 11.5 Å². The van der Waals surface area contributed by atoms with Crippen molar-refractivity contribution in [2.75, 3.05) is 0 Å². The molecule has 8 nitrogen and oxygen atoms in total. The maximum atomic E-state index is 13.9. The molecule has 0 saturated carbocycles. The van der Waals surface area contributed by atoms with Crippen LogP contribution in [0.15, 0.2) is 94.1 Å². The molecule has 0 bridgehead atoms. The number of para-hydroxylation sites is 2. The first-order valence-corrected chi connectivity index (χ1v) is 11.7. The van der Waals surface area contributed by atoms with Crippen LogP contribution in [0.25, 0.3) is 28.4 Å². The normalized spacial score (nSPS) is 19.7. The van der Waals surface area contributed by atoms with Gasteiger partial charge in [-0.1, -0.05) is 54.6 Å². The van der Waals surface area contributed by atoms with E-state index in [2.05, 4.69) is 5.32 Å². The van der Waals surface area contributed by atoms with Crippen LogP contribution < -0.4 is 16.4 Å². The Morgan fingerprint density at radius 1 is 0.917 bits per heavy atom. The number of carbonyl (C=O) groups is 1. The quantitative estimate of drug-likeness (QED) is 0.460. The molecular formula is C28H23N5O3. The third kappa shape index (κ3) is 3.22. The summed E-state index contributed by atoms with van der Waals surface area (Å²) in [6.07, 6.45) is 9.32. The fourth-order valence-corrected chi connectivity index (χ4v) is 5.00. The molecule has 1 fully saturated rings. The van der Waals surface area contributed by atoms with E-state index in [4.69, 9.17) is 4.98 Å². The molecule has 6 rings (SSSR count). The summed E-state index contributed by atoms with van der Waals surface area (Å²) in [6, 6.07) is 16.1. The van der Waals surface area contributed by atoms with Crippen LogP contribution in [0, 0.1) is 12.8 Å². The van der Waals surface area contributed by atoms with Gasteiger partial charge in [-0.2, -0.15) is 0 Å². The van der Waals surface area contributed by atoms with Crippen molar-refractivity contribution in [2.45, 2.75) is 13.0 Å². The topological polar surface area (TPSA) is 90.9 Å². The second-order valence-electron chi connectivity index (χ2n) is 8.93. The molecule has 0 spiro atoms. The van der Waals surface area contributed by atoms with E-state index in [9.17, 15) is 14.4 Å². The number of nitrogens with one attached hydrogen (secondary N) is 1. The Labute approximate surface area is 206 Å². The van der Waals surface area contributed by atoms with Gasteiger partial charge in [-0.05, 0) is 37.3 Å². The molecule has 8 heteroatoms. The zero-order valence-corrected chi connectivity index (χ0v) is 19.8. The number of hydrogen-bond donors (Lipinski definition) is 1. The lowest BCUT2D eigenvalue weighted by molar-refractivity contribution is -0.116. The van der Waals surface area contributed by atoms with Crippen molar-refractivity contribution in [2.24, 2.45) is 13.0 Å². The number of aromatic nitrogens is 4. The lowest BCUT2D eigenvalue weighted by atomic mass is 9.92. The fourth-order valence-electron chi connectivity index (χ4n) is 5.00. The standard InChI is InChI=1S/C28H23N5O3/c1-17-25(28(36)33(31(17)2)18-10-4-3-5-11-18)32-24(29-23-15-9-7-13-20(23)27(32)35)16-21-19-12-6-8-14-22(19)30-26(21)34/h3-16,19,22H,1-2H3,(H,30,34)/b21-16-/t19-,22-/m1/s1. The molecule has 4 aromatic rings. The zero-order chi connectivity index (χ0) is 25.0. The van der Waals surface area contributed by atoms with Crippen LogP contribution in [0.4, 0.5) is 0 Å².